The molecule has 9 heteroatoms. The summed E-state index contributed by atoms with van der Waals surface area (Å²) in [6, 6.07) is 2.63. The van der Waals surface area contributed by atoms with Gasteiger partial charge in [0.1, 0.15) is 5.75 Å². The molecule has 4 nitrogen and oxygen atoms in total. The smallest absolute Gasteiger partial charge is 0.462 e. The van der Waals surface area contributed by atoms with Crippen molar-refractivity contribution in [2.75, 3.05) is 0 Å². The van der Waals surface area contributed by atoms with Gasteiger partial charge in [-0.2, -0.15) is 8.78 Å². The van der Waals surface area contributed by atoms with E-state index in [1.807, 2.05) is 6.92 Å². The molecule has 1 aromatic carbocycles. The van der Waals surface area contributed by atoms with Gasteiger partial charge in [0, 0.05) is 24.5 Å². The van der Waals surface area contributed by atoms with Gasteiger partial charge in [0.2, 0.25) is 5.82 Å². The molecule has 0 aliphatic carbocycles. The van der Waals surface area contributed by atoms with Gasteiger partial charge in [0.05, 0.1) is 6.26 Å². The molecule has 0 radical (unpaired) electrons. The second-order valence-electron chi connectivity index (χ2n) is 5.16. The first-order valence-electron chi connectivity index (χ1n) is 7.61. The Balaban J connectivity index is 2.09. The lowest BCUT2D eigenvalue weighted by Crippen LogP contribution is -2.25. The molecule has 2 rings (SSSR count). The quantitative estimate of drug-likeness (QED) is 0.489. The van der Waals surface area contributed by atoms with Crippen LogP contribution in [-0.2, 0) is 12.5 Å². The number of aryl methyl sites for hydroxylation is 1. The van der Waals surface area contributed by atoms with Gasteiger partial charge >= 0.3 is 6.11 Å². The van der Waals surface area contributed by atoms with Gasteiger partial charge < -0.3 is 9.47 Å². The molecule has 0 fully saturated rings. The summed E-state index contributed by atoms with van der Waals surface area (Å²) in [4.78, 5) is 7.15. The fourth-order valence-corrected chi connectivity index (χ4v) is 1.93. The SMILES string of the molecule is CCCc1cnc(C(F)(F)Oc2ccc(O/C=C/C(F)F)c(F)c2)nc1. The van der Waals surface area contributed by atoms with Crippen LogP contribution in [0.15, 0.2) is 42.9 Å². The topological polar surface area (TPSA) is 44.2 Å². The molecule has 0 atom stereocenters. The van der Waals surface area contributed by atoms with Crippen molar-refractivity contribution >= 4 is 0 Å². The standard InChI is InChI=1S/C17H15F5N2O2/c1-2-3-11-9-23-16(24-10-11)17(21,22)26-12-4-5-14(13(18)8-12)25-7-6-15(19)20/h4-10,15H,2-3H2,1H3/b7-6+. The van der Waals surface area contributed by atoms with E-state index in [1.165, 1.54) is 12.4 Å². The molecule has 26 heavy (non-hydrogen) atoms. The summed E-state index contributed by atoms with van der Waals surface area (Å²) in [6.45, 7) is 1.93. The molecule has 1 aromatic heterocycles. The Morgan fingerprint density at radius 1 is 1.19 bits per heavy atom. The highest BCUT2D eigenvalue weighted by atomic mass is 19.3. The first-order chi connectivity index (χ1) is 12.3. The molecule has 0 bridgehead atoms. The van der Waals surface area contributed by atoms with Gasteiger partial charge in [-0.05, 0) is 24.1 Å². The summed E-state index contributed by atoms with van der Waals surface area (Å²) in [5.74, 6) is -2.84. The van der Waals surface area contributed by atoms with Gasteiger partial charge in [0.25, 0.3) is 6.43 Å². The molecule has 0 amide bonds. The Morgan fingerprint density at radius 3 is 2.46 bits per heavy atom. The summed E-state index contributed by atoms with van der Waals surface area (Å²) in [7, 11) is 0. The number of aromatic nitrogens is 2. The average Bonchev–Trinajstić information content (AvgIpc) is 2.57. The van der Waals surface area contributed by atoms with E-state index >= 15 is 0 Å². The third-order valence-electron chi connectivity index (χ3n) is 3.07. The number of hydrogen-bond donors (Lipinski definition) is 0. The van der Waals surface area contributed by atoms with Crippen LogP contribution < -0.4 is 9.47 Å². The highest BCUT2D eigenvalue weighted by molar-refractivity contribution is 5.34. The number of nitrogens with zero attached hydrogens (tertiary/aromatic N) is 2. The molecule has 2 aromatic rings. The van der Waals surface area contributed by atoms with Crippen LogP contribution in [0.4, 0.5) is 22.0 Å². The molecule has 0 spiro atoms. The molecule has 1 heterocycles. The number of hydrogen-bond acceptors (Lipinski definition) is 4. The minimum atomic E-state index is -3.88. The van der Waals surface area contributed by atoms with Crippen LogP contribution >= 0.6 is 0 Å². The van der Waals surface area contributed by atoms with Gasteiger partial charge in [-0.15, -0.1) is 0 Å². The van der Waals surface area contributed by atoms with E-state index in [1.54, 1.807) is 0 Å². The summed E-state index contributed by atoms with van der Waals surface area (Å²) < 4.78 is 75.0. The maximum absolute atomic E-state index is 14.1. The fraction of sp³-hybridized carbons (Fsp3) is 0.294. The molecular formula is C17H15F5N2O2. The lowest BCUT2D eigenvalue weighted by Gasteiger charge is -2.17. The average molecular weight is 374 g/mol. The second-order valence-corrected chi connectivity index (χ2v) is 5.16. The third kappa shape index (κ3) is 5.40. The maximum atomic E-state index is 14.1. The zero-order chi connectivity index (χ0) is 19.2. The van der Waals surface area contributed by atoms with E-state index in [0.717, 1.165) is 18.6 Å². The van der Waals surface area contributed by atoms with E-state index in [-0.39, 0.29) is 0 Å². The van der Waals surface area contributed by atoms with E-state index in [0.29, 0.717) is 30.4 Å². The Kier molecular flexibility index (Phi) is 6.48. The van der Waals surface area contributed by atoms with E-state index in [2.05, 4.69) is 19.4 Å². The number of ether oxygens (including phenoxy) is 2. The minimum absolute atomic E-state index is 0.400. The zero-order valence-corrected chi connectivity index (χ0v) is 13.6. The van der Waals surface area contributed by atoms with Crippen LogP contribution in [0.5, 0.6) is 11.5 Å². The van der Waals surface area contributed by atoms with Crippen molar-refractivity contribution in [2.45, 2.75) is 32.3 Å². The predicted octanol–water partition coefficient (Wildman–Crippen LogP) is 4.85. The molecule has 0 saturated heterocycles. The van der Waals surface area contributed by atoms with Crippen molar-refractivity contribution in [3.63, 3.8) is 0 Å². The molecule has 0 saturated carbocycles. The van der Waals surface area contributed by atoms with E-state index in [9.17, 15) is 22.0 Å². The molecule has 0 N–H and O–H groups in total. The van der Waals surface area contributed by atoms with Crippen LogP contribution in [0.2, 0.25) is 0 Å². The predicted molar refractivity (Wildman–Crippen MR) is 82.7 cm³/mol. The first kappa shape index (κ1) is 19.6. The molecule has 0 unspecified atom stereocenters. The lowest BCUT2D eigenvalue weighted by molar-refractivity contribution is -0.192. The van der Waals surface area contributed by atoms with Crippen molar-refractivity contribution in [3.8, 4) is 11.5 Å². The third-order valence-corrected chi connectivity index (χ3v) is 3.07. The van der Waals surface area contributed by atoms with Crippen molar-refractivity contribution in [2.24, 2.45) is 0 Å². The summed E-state index contributed by atoms with van der Waals surface area (Å²) in [5.41, 5.74) is 0.705. The monoisotopic (exact) mass is 374 g/mol. The normalized spacial score (nSPS) is 12.0. The summed E-state index contributed by atoms with van der Waals surface area (Å²) in [5, 5.41) is 0. The van der Waals surface area contributed by atoms with Crippen molar-refractivity contribution < 1.29 is 31.4 Å². The molecule has 0 aliphatic rings. The van der Waals surface area contributed by atoms with Crippen molar-refractivity contribution in [1.82, 2.24) is 9.97 Å². The van der Waals surface area contributed by atoms with Gasteiger partial charge in [0.15, 0.2) is 11.6 Å². The van der Waals surface area contributed by atoms with Crippen LogP contribution in [-0.4, -0.2) is 16.4 Å². The Labute approximate surface area is 146 Å². The van der Waals surface area contributed by atoms with Crippen LogP contribution in [0.3, 0.4) is 0 Å². The highest BCUT2D eigenvalue weighted by Gasteiger charge is 2.38. The van der Waals surface area contributed by atoms with Crippen LogP contribution in [0.25, 0.3) is 0 Å². The summed E-state index contributed by atoms with van der Waals surface area (Å²) >= 11 is 0. The van der Waals surface area contributed by atoms with Gasteiger partial charge in [-0.1, -0.05) is 13.3 Å². The Morgan fingerprint density at radius 2 is 1.88 bits per heavy atom. The van der Waals surface area contributed by atoms with E-state index < -0.39 is 35.7 Å². The summed E-state index contributed by atoms with van der Waals surface area (Å²) in [6.07, 6.45) is -1.62. The Bertz CT molecular complexity index is 751. The maximum Gasteiger partial charge on any atom is 0.462 e. The van der Waals surface area contributed by atoms with Crippen LogP contribution in [0.1, 0.15) is 24.7 Å². The van der Waals surface area contributed by atoms with Crippen LogP contribution in [0, 0.1) is 5.82 Å². The minimum Gasteiger partial charge on any atom is -0.462 e. The van der Waals surface area contributed by atoms with Crippen molar-refractivity contribution in [1.29, 1.82) is 0 Å². The Hall–Kier alpha value is -2.71. The van der Waals surface area contributed by atoms with Crippen molar-refractivity contribution in [3.05, 3.63) is 60.1 Å². The number of alkyl halides is 4. The fourth-order valence-electron chi connectivity index (χ4n) is 1.93. The first-order valence-corrected chi connectivity index (χ1v) is 7.61. The number of halogens is 5. The van der Waals surface area contributed by atoms with Gasteiger partial charge in [-0.3, -0.25) is 0 Å². The molecular weight excluding hydrogens is 359 g/mol. The number of benzene rings is 1. The molecule has 0 aliphatic heterocycles. The van der Waals surface area contributed by atoms with E-state index in [4.69, 9.17) is 0 Å². The van der Waals surface area contributed by atoms with Gasteiger partial charge in [-0.25, -0.2) is 23.1 Å². The number of allylic oxidation sites excluding steroid dienone is 1. The second kappa shape index (κ2) is 8.59. The number of rotatable bonds is 8. The molecule has 140 valence electrons. The zero-order valence-electron chi connectivity index (χ0n) is 13.6. The highest BCUT2D eigenvalue weighted by Crippen LogP contribution is 2.31. The largest absolute Gasteiger partial charge is 0.462 e. The lowest BCUT2D eigenvalue weighted by atomic mass is 10.2.